The van der Waals surface area contributed by atoms with E-state index in [1.165, 1.54) is 4.90 Å². The van der Waals surface area contributed by atoms with Gasteiger partial charge in [0.05, 0.1) is 11.4 Å². The minimum Gasteiger partial charge on any atom is -0.480 e. The Labute approximate surface area is 144 Å². The number of carbonyl (C=O) groups is 3. The number of rotatable bonds is 4. The first-order valence-electron chi connectivity index (χ1n) is 7.78. The summed E-state index contributed by atoms with van der Waals surface area (Å²) in [5, 5.41) is 14.6. The summed E-state index contributed by atoms with van der Waals surface area (Å²) in [6.07, 6.45) is 0.156. The van der Waals surface area contributed by atoms with Crippen LogP contribution in [-0.2, 0) is 16.0 Å². The summed E-state index contributed by atoms with van der Waals surface area (Å²) in [4.78, 5) is 37.1. The van der Waals surface area contributed by atoms with Crippen LogP contribution in [-0.4, -0.2) is 35.6 Å². The maximum absolute atomic E-state index is 12.6. The molecule has 0 saturated heterocycles. The van der Waals surface area contributed by atoms with E-state index >= 15 is 0 Å². The molecule has 0 aliphatic carbocycles. The van der Waals surface area contributed by atoms with E-state index in [-0.39, 0.29) is 18.9 Å². The van der Waals surface area contributed by atoms with Gasteiger partial charge in [-0.2, -0.15) is 0 Å². The number of amides is 3. The number of fused-ring (bicyclic) bond motifs is 1. The summed E-state index contributed by atoms with van der Waals surface area (Å²) in [5.74, 6) is -1.46. The smallest absolute Gasteiger partial charge is 0.326 e. The maximum atomic E-state index is 12.6. The molecule has 0 fully saturated rings. The van der Waals surface area contributed by atoms with Gasteiger partial charge in [-0.05, 0) is 17.7 Å². The van der Waals surface area contributed by atoms with Crippen molar-refractivity contribution in [3.63, 3.8) is 0 Å². The average Bonchev–Trinajstić information content (AvgIpc) is 2.61. The Morgan fingerprint density at radius 2 is 1.80 bits per heavy atom. The highest BCUT2D eigenvalue weighted by molar-refractivity contribution is 6.09. The van der Waals surface area contributed by atoms with Gasteiger partial charge in [0.1, 0.15) is 12.6 Å². The first-order chi connectivity index (χ1) is 12.0. The number of carboxylic acid groups (broad SMARTS) is 1. The summed E-state index contributed by atoms with van der Waals surface area (Å²) in [5.41, 5.74) is 1.85. The minimum absolute atomic E-state index is 0.156. The molecule has 128 valence electrons. The molecule has 0 bridgehead atoms. The first kappa shape index (κ1) is 16.5. The van der Waals surface area contributed by atoms with Crippen molar-refractivity contribution < 1.29 is 19.5 Å². The Balaban J connectivity index is 1.78. The first-order valence-corrected chi connectivity index (χ1v) is 7.78. The van der Waals surface area contributed by atoms with Gasteiger partial charge in [-0.25, -0.2) is 9.59 Å². The van der Waals surface area contributed by atoms with Crippen molar-refractivity contribution in [1.29, 1.82) is 0 Å². The summed E-state index contributed by atoms with van der Waals surface area (Å²) in [6, 6.07) is 14.2. The van der Waals surface area contributed by atoms with Crippen LogP contribution >= 0.6 is 0 Å². The number of aliphatic carboxylic acids is 1. The Kier molecular flexibility index (Phi) is 4.65. The molecular formula is C18H17N3O4. The molecule has 7 heteroatoms. The van der Waals surface area contributed by atoms with Crippen LogP contribution in [0.15, 0.2) is 54.6 Å². The van der Waals surface area contributed by atoms with Crippen LogP contribution in [0.3, 0.4) is 0 Å². The van der Waals surface area contributed by atoms with Crippen LogP contribution in [0.1, 0.15) is 5.56 Å². The molecule has 0 aromatic heterocycles. The predicted molar refractivity (Wildman–Crippen MR) is 92.5 cm³/mol. The lowest BCUT2D eigenvalue weighted by atomic mass is 10.1. The lowest BCUT2D eigenvalue weighted by molar-refractivity contribution is -0.139. The molecule has 25 heavy (non-hydrogen) atoms. The molecule has 1 atom stereocenters. The van der Waals surface area contributed by atoms with Crippen LogP contribution in [0.5, 0.6) is 0 Å². The molecule has 2 aromatic carbocycles. The van der Waals surface area contributed by atoms with Gasteiger partial charge in [0.2, 0.25) is 5.91 Å². The maximum Gasteiger partial charge on any atom is 0.326 e. The van der Waals surface area contributed by atoms with Gasteiger partial charge < -0.3 is 15.7 Å². The number of benzene rings is 2. The zero-order valence-electron chi connectivity index (χ0n) is 13.3. The highest BCUT2D eigenvalue weighted by Crippen LogP contribution is 2.28. The number of para-hydroxylation sites is 2. The molecule has 0 spiro atoms. The van der Waals surface area contributed by atoms with Crippen LogP contribution in [0.2, 0.25) is 0 Å². The standard InChI is InChI=1S/C18H17N3O4/c22-16-11-21(15-9-5-4-8-13(15)19-16)18(25)20-14(17(23)24)10-12-6-2-1-3-7-12/h1-9,14H,10-11H2,(H,19,22)(H,20,25)(H,23,24). The zero-order valence-corrected chi connectivity index (χ0v) is 13.3. The van der Waals surface area contributed by atoms with E-state index in [0.29, 0.717) is 11.4 Å². The summed E-state index contributed by atoms with van der Waals surface area (Å²) >= 11 is 0. The van der Waals surface area contributed by atoms with Crippen molar-refractivity contribution in [3.8, 4) is 0 Å². The highest BCUT2D eigenvalue weighted by atomic mass is 16.4. The van der Waals surface area contributed by atoms with E-state index in [9.17, 15) is 19.5 Å². The van der Waals surface area contributed by atoms with E-state index in [2.05, 4.69) is 10.6 Å². The average molecular weight is 339 g/mol. The Morgan fingerprint density at radius 1 is 1.12 bits per heavy atom. The molecule has 1 heterocycles. The molecule has 1 unspecified atom stereocenters. The second kappa shape index (κ2) is 7.04. The molecule has 7 nitrogen and oxygen atoms in total. The molecule has 1 aliphatic rings. The normalized spacial score (nSPS) is 14.2. The van der Waals surface area contributed by atoms with Crippen molar-refractivity contribution in [1.82, 2.24) is 5.32 Å². The monoisotopic (exact) mass is 339 g/mol. The van der Waals surface area contributed by atoms with E-state index < -0.39 is 18.0 Å². The van der Waals surface area contributed by atoms with Gasteiger partial charge in [0, 0.05) is 6.42 Å². The molecule has 3 amide bonds. The number of hydrogen-bond acceptors (Lipinski definition) is 3. The van der Waals surface area contributed by atoms with Crippen LogP contribution < -0.4 is 15.5 Å². The van der Waals surface area contributed by atoms with Crippen molar-refractivity contribution in [3.05, 3.63) is 60.2 Å². The van der Waals surface area contributed by atoms with Crippen molar-refractivity contribution in [2.45, 2.75) is 12.5 Å². The third kappa shape index (κ3) is 3.77. The fraction of sp³-hybridized carbons (Fsp3) is 0.167. The van der Waals surface area contributed by atoms with Gasteiger partial charge in [0.15, 0.2) is 0 Å². The lowest BCUT2D eigenvalue weighted by Crippen LogP contribution is -2.52. The molecular weight excluding hydrogens is 322 g/mol. The quantitative estimate of drug-likeness (QED) is 0.792. The SMILES string of the molecule is O=C1CN(C(=O)NC(Cc2ccccc2)C(=O)O)c2ccccc2N1. The predicted octanol–water partition coefficient (Wildman–Crippen LogP) is 1.85. The van der Waals surface area contributed by atoms with Crippen LogP contribution in [0.4, 0.5) is 16.2 Å². The van der Waals surface area contributed by atoms with Crippen LogP contribution in [0.25, 0.3) is 0 Å². The van der Waals surface area contributed by atoms with Gasteiger partial charge in [0.25, 0.3) is 0 Å². The number of nitrogens with zero attached hydrogens (tertiary/aromatic N) is 1. The van der Waals surface area contributed by atoms with E-state index in [4.69, 9.17) is 0 Å². The van der Waals surface area contributed by atoms with Gasteiger partial charge >= 0.3 is 12.0 Å². The number of carbonyl (C=O) groups excluding carboxylic acids is 2. The zero-order chi connectivity index (χ0) is 17.8. The summed E-state index contributed by atoms with van der Waals surface area (Å²) < 4.78 is 0. The second-order valence-electron chi connectivity index (χ2n) is 5.68. The lowest BCUT2D eigenvalue weighted by Gasteiger charge is -2.30. The Bertz CT molecular complexity index is 807. The van der Waals surface area contributed by atoms with E-state index in [1.54, 1.807) is 48.5 Å². The Hall–Kier alpha value is -3.35. The number of carboxylic acids is 1. The molecule has 3 rings (SSSR count). The van der Waals surface area contributed by atoms with Gasteiger partial charge in [-0.15, -0.1) is 0 Å². The van der Waals surface area contributed by atoms with Crippen molar-refractivity contribution in [2.24, 2.45) is 0 Å². The molecule has 0 radical (unpaired) electrons. The molecule has 0 saturated carbocycles. The van der Waals surface area contributed by atoms with Crippen LogP contribution in [0, 0.1) is 0 Å². The fourth-order valence-corrected chi connectivity index (χ4v) is 2.69. The summed E-state index contributed by atoms with van der Waals surface area (Å²) in [7, 11) is 0. The van der Waals surface area contributed by atoms with E-state index in [0.717, 1.165) is 5.56 Å². The molecule has 2 aromatic rings. The number of anilines is 2. The van der Waals surface area contributed by atoms with Crippen molar-refractivity contribution in [2.75, 3.05) is 16.8 Å². The van der Waals surface area contributed by atoms with Gasteiger partial charge in [-0.1, -0.05) is 42.5 Å². The number of nitrogens with one attached hydrogen (secondary N) is 2. The van der Waals surface area contributed by atoms with E-state index in [1.807, 2.05) is 6.07 Å². The van der Waals surface area contributed by atoms with Crippen molar-refractivity contribution >= 4 is 29.3 Å². The highest BCUT2D eigenvalue weighted by Gasteiger charge is 2.29. The number of hydrogen-bond donors (Lipinski definition) is 3. The summed E-state index contributed by atoms with van der Waals surface area (Å²) in [6.45, 7) is -0.166. The van der Waals surface area contributed by atoms with Gasteiger partial charge in [-0.3, -0.25) is 9.69 Å². The molecule has 3 N–H and O–H groups in total. The second-order valence-corrected chi connectivity index (χ2v) is 5.68. The molecule has 1 aliphatic heterocycles. The minimum atomic E-state index is -1.13. The number of urea groups is 1. The third-order valence-corrected chi connectivity index (χ3v) is 3.89. The Morgan fingerprint density at radius 3 is 2.52 bits per heavy atom. The largest absolute Gasteiger partial charge is 0.480 e. The topological polar surface area (TPSA) is 98.7 Å². The third-order valence-electron chi connectivity index (χ3n) is 3.89. The fourth-order valence-electron chi connectivity index (χ4n) is 2.69.